The molecule has 2 aromatic rings. The van der Waals surface area contributed by atoms with E-state index in [-0.39, 0.29) is 5.91 Å². The van der Waals surface area contributed by atoms with Gasteiger partial charge in [0.15, 0.2) is 0 Å². The monoisotopic (exact) mass is 290 g/mol. The maximum atomic E-state index is 12.7. The highest BCUT2D eigenvalue weighted by molar-refractivity contribution is 6.31. The van der Waals surface area contributed by atoms with Crippen LogP contribution in [0.1, 0.15) is 16.2 Å². The van der Waals surface area contributed by atoms with E-state index >= 15 is 0 Å². The molecule has 0 atom stereocenters. The molecule has 0 saturated heterocycles. The van der Waals surface area contributed by atoms with Crippen LogP contribution in [0.15, 0.2) is 30.6 Å². The average molecular weight is 291 g/mol. The largest absolute Gasteiger partial charge is 0.387 e. The summed E-state index contributed by atoms with van der Waals surface area (Å²) in [4.78, 5) is 18.7. The number of anilines is 1. The molecular formula is C14H15ClN4O. The molecular weight excluding hydrogens is 276 g/mol. The van der Waals surface area contributed by atoms with Gasteiger partial charge < -0.3 is 14.8 Å². The van der Waals surface area contributed by atoms with Gasteiger partial charge in [-0.05, 0) is 18.2 Å². The summed E-state index contributed by atoms with van der Waals surface area (Å²) in [6, 6.07) is 5.30. The first-order chi connectivity index (χ1) is 9.69. The van der Waals surface area contributed by atoms with Gasteiger partial charge in [-0.3, -0.25) is 4.79 Å². The molecule has 1 N–H and O–H groups in total. The van der Waals surface area contributed by atoms with Gasteiger partial charge in [-0.2, -0.15) is 0 Å². The van der Waals surface area contributed by atoms with Crippen molar-refractivity contribution in [3.8, 4) is 0 Å². The number of carbonyl (C=O) groups is 1. The summed E-state index contributed by atoms with van der Waals surface area (Å²) in [6.45, 7) is 1.98. The van der Waals surface area contributed by atoms with E-state index in [1.54, 1.807) is 30.3 Å². The molecule has 3 rings (SSSR count). The molecule has 5 nitrogen and oxygen atoms in total. The summed E-state index contributed by atoms with van der Waals surface area (Å²) in [5.41, 5.74) is 1.38. The number of rotatable bonds is 2. The standard InChI is InChI=1S/C14H15ClN4O/c1-16-12-3-2-10(15)8-11(12)14(20)19-7-6-18-5-4-17-13(18)9-19/h2-5,8,16H,6-7,9H2,1H3. The van der Waals surface area contributed by atoms with Crippen LogP contribution in [0.25, 0.3) is 0 Å². The number of imidazole rings is 1. The summed E-state index contributed by atoms with van der Waals surface area (Å²) >= 11 is 6.01. The topological polar surface area (TPSA) is 50.2 Å². The minimum atomic E-state index is -0.0221. The first-order valence-electron chi connectivity index (χ1n) is 6.45. The molecule has 0 unspecified atom stereocenters. The summed E-state index contributed by atoms with van der Waals surface area (Å²) in [6.07, 6.45) is 3.71. The molecule has 0 saturated carbocycles. The zero-order valence-electron chi connectivity index (χ0n) is 11.1. The van der Waals surface area contributed by atoms with E-state index in [0.29, 0.717) is 23.7 Å². The van der Waals surface area contributed by atoms with Crippen molar-refractivity contribution in [2.45, 2.75) is 13.1 Å². The molecule has 2 heterocycles. The fourth-order valence-corrected chi connectivity index (χ4v) is 2.60. The van der Waals surface area contributed by atoms with Gasteiger partial charge in [-0.25, -0.2) is 4.98 Å². The maximum absolute atomic E-state index is 12.7. The Labute approximate surface area is 122 Å². The van der Waals surface area contributed by atoms with E-state index in [1.807, 2.05) is 12.3 Å². The molecule has 1 aromatic carbocycles. The Balaban J connectivity index is 1.88. The number of nitrogens with one attached hydrogen (secondary N) is 1. The Morgan fingerprint density at radius 3 is 3.05 bits per heavy atom. The smallest absolute Gasteiger partial charge is 0.256 e. The Morgan fingerprint density at radius 1 is 1.40 bits per heavy atom. The van der Waals surface area contributed by atoms with Crippen LogP contribution in [0.4, 0.5) is 5.69 Å². The van der Waals surface area contributed by atoms with Gasteiger partial charge in [-0.15, -0.1) is 0 Å². The number of fused-ring (bicyclic) bond motifs is 1. The van der Waals surface area contributed by atoms with Crippen molar-refractivity contribution in [1.82, 2.24) is 14.5 Å². The maximum Gasteiger partial charge on any atom is 0.256 e. The van der Waals surface area contributed by atoms with Crippen molar-refractivity contribution < 1.29 is 4.79 Å². The minimum Gasteiger partial charge on any atom is -0.387 e. The van der Waals surface area contributed by atoms with Crippen LogP contribution in [0.5, 0.6) is 0 Å². The van der Waals surface area contributed by atoms with Crippen LogP contribution < -0.4 is 5.32 Å². The zero-order valence-corrected chi connectivity index (χ0v) is 11.9. The molecule has 0 radical (unpaired) electrons. The van der Waals surface area contributed by atoms with Crippen LogP contribution in [-0.2, 0) is 13.1 Å². The Morgan fingerprint density at radius 2 is 2.25 bits per heavy atom. The lowest BCUT2D eigenvalue weighted by atomic mass is 10.1. The average Bonchev–Trinajstić information content (AvgIpc) is 2.93. The van der Waals surface area contributed by atoms with Crippen LogP contribution in [0, 0.1) is 0 Å². The molecule has 1 aliphatic heterocycles. The Kier molecular flexibility index (Phi) is 3.36. The van der Waals surface area contributed by atoms with Crippen LogP contribution in [0.3, 0.4) is 0 Å². The molecule has 1 aromatic heterocycles. The van der Waals surface area contributed by atoms with E-state index in [0.717, 1.165) is 18.1 Å². The highest BCUT2D eigenvalue weighted by Gasteiger charge is 2.24. The third kappa shape index (κ3) is 2.25. The van der Waals surface area contributed by atoms with E-state index < -0.39 is 0 Å². The second-order valence-electron chi connectivity index (χ2n) is 4.70. The van der Waals surface area contributed by atoms with E-state index in [9.17, 15) is 4.79 Å². The van der Waals surface area contributed by atoms with Crippen LogP contribution in [-0.4, -0.2) is 34.0 Å². The quantitative estimate of drug-likeness (QED) is 0.923. The fourth-order valence-electron chi connectivity index (χ4n) is 2.43. The van der Waals surface area contributed by atoms with Gasteiger partial charge in [0.1, 0.15) is 5.82 Å². The van der Waals surface area contributed by atoms with Gasteiger partial charge in [0.25, 0.3) is 5.91 Å². The second kappa shape index (κ2) is 5.17. The van der Waals surface area contributed by atoms with Crippen molar-refractivity contribution in [2.75, 3.05) is 18.9 Å². The number of aromatic nitrogens is 2. The summed E-state index contributed by atoms with van der Waals surface area (Å²) in [5, 5.41) is 3.59. The molecule has 0 bridgehead atoms. The third-order valence-electron chi connectivity index (χ3n) is 3.51. The van der Waals surface area contributed by atoms with Crippen molar-refractivity contribution in [3.63, 3.8) is 0 Å². The zero-order chi connectivity index (χ0) is 14.1. The van der Waals surface area contributed by atoms with Crippen molar-refractivity contribution >= 4 is 23.2 Å². The number of amides is 1. The number of hydrogen-bond donors (Lipinski definition) is 1. The molecule has 1 amide bonds. The summed E-state index contributed by atoms with van der Waals surface area (Å²) in [7, 11) is 1.79. The number of halogens is 1. The summed E-state index contributed by atoms with van der Waals surface area (Å²) in [5.74, 6) is 0.892. The van der Waals surface area contributed by atoms with Crippen LogP contribution >= 0.6 is 11.6 Å². The van der Waals surface area contributed by atoms with Gasteiger partial charge in [0, 0.05) is 43.2 Å². The number of hydrogen-bond acceptors (Lipinski definition) is 3. The first kappa shape index (κ1) is 13.0. The normalized spacial score (nSPS) is 14.0. The third-order valence-corrected chi connectivity index (χ3v) is 3.75. The first-order valence-corrected chi connectivity index (χ1v) is 6.83. The predicted molar refractivity (Wildman–Crippen MR) is 78.0 cm³/mol. The number of nitrogens with zero attached hydrogens (tertiary/aromatic N) is 3. The molecule has 20 heavy (non-hydrogen) atoms. The Bertz CT molecular complexity index is 652. The molecule has 0 spiro atoms. The second-order valence-corrected chi connectivity index (χ2v) is 5.14. The van der Waals surface area contributed by atoms with Crippen molar-refractivity contribution in [2.24, 2.45) is 0 Å². The summed E-state index contributed by atoms with van der Waals surface area (Å²) < 4.78 is 2.07. The lowest BCUT2D eigenvalue weighted by molar-refractivity contribution is 0.0708. The lowest BCUT2D eigenvalue weighted by Crippen LogP contribution is -2.38. The Hall–Kier alpha value is -2.01. The molecule has 6 heteroatoms. The highest BCUT2D eigenvalue weighted by Crippen LogP contribution is 2.23. The van der Waals surface area contributed by atoms with Gasteiger partial charge in [-0.1, -0.05) is 11.6 Å². The van der Waals surface area contributed by atoms with Crippen molar-refractivity contribution in [3.05, 3.63) is 47.0 Å². The van der Waals surface area contributed by atoms with E-state index in [2.05, 4.69) is 14.9 Å². The van der Waals surface area contributed by atoms with E-state index in [1.165, 1.54) is 0 Å². The fraction of sp³-hybridized carbons (Fsp3) is 0.286. The van der Waals surface area contributed by atoms with Gasteiger partial charge >= 0.3 is 0 Å². The lowest BCUT2D eigenvalue weighted by Gasteiger charge is -2.28. The molecule has 1 aliphatic rings. The number of benzene rings is 1. The highest BCUT2D eigenvalue weighted by atomic mass is 35.5. The SMILES string of the molecule is CNc1ccc(Cl)cc1C(=O)N1CCn2ccnc2C1. The van der Waals surface area contributed by atoms with Crippen LogP contribution in [0.2, 0.25) is 5.02 Å². The molecule has 104 valence electrons. The number of carbonyl (C=O) groups excluding carboxylic acids is 1. The van der Waals surface area contributed by atoms with Gasteiger partial charge in [0.2, 0.25) is 0 Å². The van der Waals surface area contributed by atoms with E-state index in [4.69, 9.17) is 11.6 Å². The molecule has 0 aliphatic carbocycles. The van der Waals surface area contributed by atoms with Gasteiger partial charge in [0.05, 0.1) is 12.1 Å². The minimum absolute atomic E-state index is 0.0221. The molecule has 0 fully saturated rings. The van der Waals surface area contributed by atoms with Crippen molar-refractivity contribution in [1.29, 1.82) is 0 Å². The predicted octanol–water partition coefficient (Wildman–Crippen LogP) is 2.23.